The Morgan fingerprint density at radius 3 is 2.55 bits per heavy atom. The molecule has 1 aromatic heterocycles. The maximum Gasteiger partial charge on any atom is 0.251 e. The van der Waals surface area contributed by atoms with Crippen LogP contribution in [-0.2, 0) is 16.6 Å². The highest BCUT2D eigenvalue weighted by atomic mass is 32.2. The van der Waals surface area contributed by atoms with Gasteiger partial charge in [0, 0.05) is 45.5 Å². The summed E-state index contributed by atoms with van der Waals surface area (Å²) in [6, 6.07) is 8.53. The van der Waals surface area contributed by atoms with E-state index in [2.05, 4.69) is 10.3 Å². The molecule has 1 aromatic carbocycles. The predicted molar refractivity (Wildman–Crippen MR) is 114 cm³/mol. The van der Waals surface area contributed by atoms with E-state index in [1.54, 1.807) is 18.3 Å². The summed E-state index contributed by atoms with van der Waals surface area (Å²) in [5.41, 5.74) is 2.04. The van der Waals surface area contributed by atoms with Crippen molar-refractivity contribution >= 4 is 21.7 Å². The molecule has 156 valence electrons. The molecule has 1 aliphatic heterocycles. The van der Waals surface area contributed by atoms with Crippen LogP contribution in [0.3, 0.4) is 0 Å². The van der Waals surface area contributed by atoms with Crippen molar-refractivity contribution in [3.63, 3.8) is 0 Å². The van der Waals surface area contributed by atoms with E-state index in [4.69, 9.17) is 0 Å². The highest BCUT2D eigenvalue weighted by Crippen LogP contribution is 2.23. The van der Waals surface area contributed by atoms with Crippen LogP contribution < -0.4 is 10.2 Å². The second kappa shape index (κ2) is 8.92. The van der Waals surface area contributed by atoms with Crippen molar-refractivity contribution in [3.8, 4) is 0 Å². The maximum absolute atomic E-state index is 12.9. The fourth-order valence-corrected chi connectivity index (χ4v) is 4.90. The van der Waals surface area contributed by atoms with E-state index in [9.17, 15) is 13.2 Å². The molecule has 0 atom stereocenters. The van der Waals surface area contributed by atoms with Gasteiger partial charge in [-0.05, 0) is 55.2 Å². The zero-order valence-corrected chi connectivity index (χ0v) is 18.0. The average molecular weight is 417 g/mol. The number of benzene rings is 1. The third-order valence-corrected chi connectivity index (χ3v) is 7.02. The molecule has 7 nitrogen and oxygen atoms in total. The lowest BCUT2D eigenvalue weighted by Gasteiger charge is -2.26. The number of pyridine rings is 1. The number of hydrogen-bond acceptors (Lipinski definition) is 5. The molecular formula is C21H28N4O3S. The molecule has 29 heavy (non-hydrogen) atoms. The van der Waals surface area contributed by atoms with Crippen LogP contribution in [-0.4, -0.2) is 50.8 Å². The van der Waals surface area contributed by atoms with Crippen molar-refractivity contribution in [1.29, 1.82) is 0 Å². The van der Waals surface area contributed by atoms with Gasteiger partial charge < -0.3 is 10.2 Å². The van der Waals surface area contributed by atoms with Gasteiger partial charge in [-0.25, -0.2) is 13.4 Å². The van der Waals surface area contributed by atoms with E-state index in [0.29, 0.717) is 25.2 Å². The van der Waals surface area contributed by atoms with Crippen LogP contribution in [0.4, 0.5) is 5.82 Å². The van der Waals surface area contributed by atoms with Crippen molar-refractivity contribution in [2.24, 2.45) is 0 Å². The lowest BCUT2D eigenvalue weighted by Crippen LogP contribution is -2.35. The summed E-state index contributed by atoms with van der Waals surface area (Å²) >= 11 is 0. The minimum absolute atomic E-state index is 0.175. The molecule has 1 saturated heterocycles. The first-order valence-electron chi connectivity index (χ1n) is 9.80. The van der Waals surface area contributed by atoms with Crippen LogP contribution in [0.15, 0.2) is 41.4 Å². The Hall–Kier alpha value is -2.45. The number of carbonyl (C=O) groups excluding carboxylic acids is 1. The van der Waals surface area contributed by atoms with E-state index in [1.165, 1.54) is 10.4 Å². The Kier molecular flexibility index (Phi) is 6.54. The number of carbonyl (C=O) groups is 1. The van der Waals surface area contributed by atoms with Crippen LogP contribution in [0.5, 0.6) is 0 Å². The summed E-state index contributed by atoms with van der Waals surface area (Å²) in [4.78, 5) is 19.1. The van der Waals surface area contributed by atoms with Crippen LogP contribution in [0.25, 0.3) is 0 Å². The number of hydrogen-bond donors (Lipinski definition) is 1. The molecular weight excluding hydrogens is 388 g/mol. The van der Waals surface area contributed by atoms with E-state index in [1.807, 2.05) is 38.1 Å². The van der Waals surface area contributed by atoms with Gasteiger partial charge >= 0.3 is 0 Å². The maximum atomic E-state index is 12.9. The number of nitrogens with one attached hydrogen (secondary N) is 1. The third-order valence-electron chi connectivity index (χ3n) is 5.13. The van der Waals surface area contributed by atoms with Crippen LogP contribution in [0, 0.1) is 6.92 Å². The van der Waals surface area contributed by atoms with E-state index < -0.39 is 10.0 Å². The molecule has 0 bridgehead atoms. The zero-order chi connectivity index (χ0) is 21.0. The minimum Gasteiger partial charge on any atom is -0.363 e. The van der Waals surface area contributed by atoms with Gasteiger partial charge in [0.15, 0.2) is 0 Å². The van der Waals surface area contributed by atoms with Gasteiger partial charge in [-0.2, -0.15) is 4.31 Å². The second-order valence-corrected chi connectivity index (χ2v) is 9.48. The Morgan fingerprint density at radius 2 is 1.86 bits per heavy atom. The van der Waals surface area contributed by atoms with Crippen molar-refractivity contribution in [1.82, 2.24) is 14.6 Å². The van der Waals surface area contributed by atoms with E-state index in [0.717, 1.165) is 36.2 Å². The number of sulfonamides is 1. The Bertz CT molecular complexity index is 983. The number of amides is 1. The summed E-state index contributed by atoms with van der Waals surface area (Å²) in [6.45, 7) is 3.22. The summed E-state index contributed by atoms with van der Waals surface area (Å²) in [5.74, 6) is 0.518. The molecule has 1 aliphatic rings. The smallest absolute Gasteiger partial charge is 0.251 e. The number of aromatic nitrogens is 1. The van der Waals surface area contributed by atoms with E-state index in [-0.39, 0.29) is 10.8 Å². The highest BCUT2D eigenvalue weighted by molar-refractivity contribution is 7.89. The molecule has 0 aliphatic carbocycles. The largest absolute Gasteiger partial charge is 0.363 e. The van der Waals surface area contributed by atoms with Crippen LogP contribution in [0.1, 0.15) is 40.7 Å². The van der Waals surface area contributed by atoms with E-state index >= 15 is 0 Å². The standard InChI is InChI=1S/C21H28N4O3S/c1-16-7-8-18(29(27,28)25-11-5-4-6-12-25)14-19(16)21(26)23-15-17-9-10-22-20(13-17)24(2)3/h7-10,13-14H,4-6,11-12,15H2,1-3H3,(H,23,26). The zero-order valence-electron chi connectivity index (χ0n) is 17.2. The molecule has 1 N–H and O–H groups in total. The quantitative estimate of drug-likeness (QED) is 0.783. The number of piperidine rings is 1. The molecule has 1 fully saturated rings. The molecule has 2 aromatic rings. The first-order chi connectivity index (χ1) is 13.8. The molecule has 0 saturated carbocycles. The lowest BCUT2D eigenvalue weighted by molar-refractivity contribution is 0.0950. The number of nitrogens with zero attached hydrogens (tertiary/aromatic N) is 3. The van der Waals surface area contributed by atoms with Crippen molar-refractivity contribution in [3.05, 3.63) is 53.2 Å². The van der Waals surface area contributed by atoms with Crippen molar-refractivity contribution in [2.75, 3.05) is 32.1 Å². The monoisotopic (exact) mass is 416 g/mol. The van der Waals surface area contributed by atoms with Gasteiger partial charge in [0.1, 0.15) is 5.82 Å². The first kappa shape index (κ1) is 21.3. The van der Waals surface area contributed by atoms with Gasteiger partial charge in [0.2, 0.25) is 10.0 Å². The Balaban J connectivity index is 1.77. The molecule has 0 spiro atoms. The van der Waals surface area contributed by atoms with Crippen LogP contribution in [0.2, 0.25) is 0 Å². The summed E-state index contributed by atoms with van der Waals surface area (Å²) in [5, 5.41) is 2.89. The summed E-state index contributed by atoms with van der Waals surface area (Å²) in [7, 11) is 0.233. The predicted octanol–water partition coefficient (Wildman–Crippen LogP) is 2.56. The SMILES string of the molecule is Cc1ccc(S(=O)(=O)N2CCCCC2)cc1C(=O)NCc1ccnc(N(C)C)c1. The molecule has 3 rings (SSSR count). The van der Waals surface area contributed by atoms with Gasteiger partial charge in [-0.3, -0.25) is 4.79 Å². The van der Waals surface area contributed by atoms with Crippen molar-refractivity contribution in [2.45, 2.75) is 37.6 Å². The Labute approximate surface area is 172 Å². The fourth-order valence-electron chi connectivity index (χ4n) is 3.35. The fraction of sp³-hybridized carbons (Fsp3) is 0.429. The highest BCUT2D eigenvalue weighted by Gasteiger charge is 2.27. The topological polar surface area (TPSA) is 82.6 Å². The first-order valence-corrected chi connectivity index (χ1v) is 11.2. The molecule has 1 amide bonds. The Morgan fingerprint density at radius 1 is 1.14 bits per heavy atom. The number of anilines is 1. The average Bonchev–Trinajstić information content (AvgIpc) is 2.73. The summed E-state index contributed by atoms with van der Waals surface area (Å²) < 4.78 is 27.4. The van der Waals surface area contributed by atoms with Crippen molar-refractivity contribution < 1.29 is 13.2 Å². The van der Waals surface area contributed by atoms with Gasteiger partial charge in [-0.15, -0.1) is 0 Å². The van der Waals surface area contributed by atoms with Gasteiger partial charge in [-0.1, -0.05) is 12.5 Å². The van der Waals surface area contributed by atoms with Gasteiger partial charge in [0.05, 0.1) is 4.90 Å². The third kappa shape index (κ3) is 4.94. The minimum atomic E-state index is -3.58. The number of aryl methyl sites for hydroxylation is 1. The lowest BCUT2D eigenvalue weighted by atomic mass is 10.1. The molecule has 0 unspecified atom stereocenters. The second-order valence-electron chi connectivity index (χ2n) is 7.54. The molecule has 0 radical (unpaired) electrons. The van der Waals surface area contributed by atoms with Crippen LogP contribution >= 0.6 is 0 Å². The number of rotatable bonds is 6. The molecule has 8 heteroatoms. The van der Waals surface area contributed by atoms with Gasteiger partial charge in [0.25, 0.3) is 5.91 Å². The molecule has 2 heterocycles. The normalized spacial score (nSPS) is 15.1. The summed E-state index contributed by atoms with van der Waals surface area (Å²) in [6.07, 6.45) is 4.50.